The highest BCUT2D eigenvalue weighted by atomic mass is 32.1. The standard InChI is InChI=1S/C13H13N3OS2/c1-8-15-11(7-19-8)13(17)16(2)10-5-3-9(4-6-10)12(14)18/h3-7H,1-2H3,(H2,14,18). The van der Waals surface area contributed by atoms with E-state index in [1.807, 2.05) is 19.1 Å². The number of aromatic nitrogens is 1. The number of rotatable bonds is 3. The zero-order valence-electron chi connectivity index (χ0n) is 10.6. The van der Waals surface area contributed by atoms with Gasteiger partial charge in [-0.15, -0.1) is 11.3 Å². The maximum atomic E-state index is 12.2. The Morgan fingerprint density at radius 3 is 2.47 bits per heavy atom. The molecule has 98 valence electrons. The van der Waals surface area contributed by atoms with Crippen molar-refractivity contribution in [3.05, 3.63) is 45.9 Å². The lowest BCUT2D eigenvalue weighted by atomic mass is 10.2. The zero-order chi connectivity index (χ0) is 14.0. The third-order valence-electron chi connectivity index (χ3n) is 2.68. The molecule has 0 fully saturated rings. The number of benzene rings is 1. The van der Waals surface area contributed by atoms with E-state index in [-0.39, 0.29) is 5.91 Å². The van der Waals surface area contributed by atoms with Gasteiger partial charge >= 0.3 is 0 Å². The molecular formula is C13H13N3OS2. The number of thiazole rings is 1. The van der Waals surface area contributed by atoms with Crippen molar-refractivity contribution >= 4 is 40.1 Å². The van der Waals surface area contributed by atoms with Crippen molar-refractivity contribution in [2.24, 2.45) is 5.73 Å². The number of carbonyl (C=O) groups excluding carboxylic acids is 1. The molecule has 2 rings (SSSR count). The first-order valence-corrected chi connectivity index (χ1v) is 6.88. The van der Waals surface area contributed by atoms with Crippen LogP contribution in [0, 0.1) is 6.92 Å². The van der Waals surface area contributed by atoms with Crippen LogP contribution in [-0.4, -0.2) is 22.9 Å². The predicted molar refractivity (Wildman–Crippen MR) is 81.9 cm³/mol. The molecule has 0 unspecified atom stereocenters. The molecule has 0 spiro atoms. The predicted octanol–water partition coefficient (Wildman–Crippen LogP) is 2.36. The number of carbonyl (C=O) groups is 1. The van der Waals surface area contributed by atoms with Crippen LogP contribution in [0.15, 0.2) is 29.6 Å². The fourth-order valence-corrected chi connectivity index (χ4v) is 2.32. The molecule has 2 aromatic rings. The smallest absolute Gasteiger partial charge is 0.277 e. The van der Waals surface area contributed by atoms with E-state index in [1.54, 1.807) is 29.5 Å². The summed E-state index contributed by atoms with van der Waals surface area (Å²) in [5, 5.41) is 2.64. The van der Waals surface area contributed by atoms with E-state index in [1.165, 1.54) is 11.3 Å². The Hall–Kier alpha value is -1.79. The number of amides is 1. The first-order valence-electron chi connectivity index (χ1n) is 5.59. The molecule has 0 saturated heterocycles. The van der Waals surface area contributed by atoms with Gasteiger partial charge in [0.2, 0.25) is 0 Å². The molecule has 0 atom stereocenters. The number of hydrogen-bond donors (Lipinski definition) is 1. The van der Waals surface area contributed by atoms with E-state index < -0.39 is 0 Å². The highest BCUT2D eigenvalue weighted by Gasteiger charge is 2.16. The summed E-state index contributed by atoms with van der Waals surface area (Å²) < 4.78 is 0. The molecule has 0 saturated carbocycles. The van der Waals surface area contributed by atoms with Crippen molar-refractivity contribution in [1.82, 2.24) is 4.98 Å². The van der Waals surface area contributed by atoms with Crippen LogP contribution in [0.2, 0.25) is 0 Å². The summed E-state index contributed by atoms with van der Waals surface area (Å²) in [5.41, 5.74) is 7.55. The van der Waals surface area contributed by atoms with E-state index in [4.69, 9.17) is 18.0 Å². The monoisotopic (exact) mass is 291 g/mol. The molecule has 2 N–H and O–H groups in total. The number of nitrogens with two attached hydrogens (primary N) is 1. The summed E-state index contributed by atoms with van der Waals surface area (Å²) in [6.45, 7) is 1.87. The van der Waals surface area contributed by atoms with Crippen LogP contribution in [0.4, 0.5) is 5.69 Å². The first-order chi connectivity index (χ1) is 8.99. The Labute approximate surface area is 120 Å². The average Bonchev–Trinajstić information content (AvgIpc) is 2.84. The molecule has 0 aliphatic carbocycles. The number of aryl methyl sites for hydroxylation is 1. The van der Waals surface area contributed by atoms with Crippen molar-refractivity contribution in [3.63, 3.8) is 0 Å². The van der Waals surface area contributed by atoms with Gasteiger partial charge in [0.25, 0.3) is 5.91 Å². The quantitative estimate of drug-likeness (QED) is 0.882. The van der Waals surface area contributed by atoms with Crippen molar-refractivity contribution in [2.75, 3.05) is 11.9 Å². The van der Waals surface area contributed by atoms with Gasteiger partial charge in [0.1, 0.15) is 10.7 Å². The van der Waals surface area contributed by atoms with E-state index in [9.17, 15) is 4.79 Å². The van der Waals surface area contributed by atoms with Crippen LogP contribution in [0.5, 0.6) is 0 Å². The lowest BCUT2D eigenvalue weighted by Gasteiger charge is -2.16. The summed E-state index contributed by atoms with van der Waals surface area (Å²) >= 11 is 6.35. The van der Waals surface area contributed by atoms with Crippen LogP contribution in [0.1, 0.15) is 21.1 Å². The number of hydrogen-bond acceptors (Lipinski definition) is 4. The molecular weight excluding hydrogens is 278 g/mol. The Kier molecular flexibility index (Phi) is 3.92. The van der Waals surface area contributed by atoms with Crippen molar-refractivity contribution in [2.45, 2.75) is 6.92 Å². The normalized spacial score (nSPS) is 10.2. The van der Waals surface area contributed by atoms with E-state index >= 15 is 0 Å². The van der Waals surface area contributed by atoms with Gasteiger partial charge in [-0.25, -0.2) is 4.98 Å². The highest BCUT2D eigenvalue weighted by molar-refractivity contribution is 7.80. The second-order valence-corrected chi connectivity index (χ2v) is 5.53. The Balaban J connectivity index is 2.21. The third-order valence-corrected chi connectivity index (χ3v) is 3.69. The second kappa shape index (κ2) is 5.46. The van der Waals surface area contributed by atoms with E-state index in [0.29, 0.717) is 10.7 Å². The molecule has 19 heavy (non-hydrogen) atoms. The average molecular weight is 291 g/mol. The Bertz CT molecular complexity index is 619. The lowest BCUT2D eigenvalue weighted by Crippen LogP contribution is -2.26. The molecule has 0 aliphatic heterocycles. The van der Waals surface area contributed by atoms with E-state index in [0.717, 1.165) is 16.3 Å². The second-order valence-electron chi connectivity index (χ2n) is 4.03. The van der Waals surface area contributed by atoms with Crippen molar-refractivity contribution < 1.29 is 4.79 Å². The number of thiocarbonyl (C=S) groups is 1. The molecule has 1 aromatic carbocycles. The van der Waals surface area contributed by atoms with Gasteiger partial charge in [0, 0.05) is 23.7 Å². The minimum atomic E-state index is -0.132. The van der Waals surface area contributed by atoms with Crippen LogP contribution in [-0.2, 0) is 0 Å². The van der Waals surface area contributed by atoms with Gasteiger partial charge in [0.15, 0.2) is 0 Å². The van der Waals surface area contributed by atoms with E-state index in [2.05, 4.69) is 4.98 Å². The summed E-state index contributed by atoms with van der Waals surface area (Å²) in [7, 11) is 1.72. The van der Waals surface area contributed by atoms with Crippen LogP contribution >= 0.6 is 23.6 Å². The Morgan fingerprint density at radius 2 is 2.00 bits per heavy atom. The van der Waals surface area contributed by atoms with Gasteiger partial charge in [0.05, 0.1) is 5.01 Å². The molecule has 1 heterocycles. The highest BCUT2D eigenvalue weighted by Crippen LogP contribution is 2.17. The molecule has 0 aliphatic rings. The topological polar surface area (TPSA) is 59.2 Å². The van der Waals surface area contributed by atoms with Crippen LogP contribution in [0.25, 0.3) is 0 Å². The largest absolute Gasteiger partial charge is 0.389 e. The van der Waals surface area contributed by atoms with Gasteiger partial charge in [-0.3, -0.25) is 4.79 Å². The fraction of sp³-hybridized carbons (Fsp3) is 0.154. The van der Waals surface area contributed by atoms with Crippen molar-refractivity contribution in [1.29, 1.82) is 0 Å². The van der Waals surface area contributed by atoms with Gasteiger partial charge in [-0.1, -0.05) is 12.2 Å². The summed E-state index contributed by atoms with van der Waals surface area (Å²) in [5.74, 6) is -0.132. The van der Waals surface area contributed by atoms with Gasteiger partial charge < -0.3 is 10.6 Å². The maximum Gasteiger partial charge on any atom is 0.277 e. The molecule has 4 nitrogen and oxygen atoms in total. The summed E-state index contributed by atoms with van der Waals surface area (Å²) in [4.78, 5) is 18.3. The molecule has 1 amide bonds. The van der Waals surface area contributed by atoms with Gasteiger partial charge in [-0.05, 0) is 31.2 Å². The molecule has 0 bridgehead atoms. The number of anilines is 1. The summed E-state index contributed by atoms with van der Waals surface area (Å²) in [6.07, 6.45) is 0. The number of nitrogens with zero attached hydrogens (tertiary/aromatic N) is 2. The molecule has 1 aromatic heterocycles. The molecule has 0 radical (unpaired) electrons. The third kappa shape index (κ3) is 2.97. The first kappa shape index (κ1) is 13.6. The maximum absolute atomic E-state index is 12.2. The molecule has 6 heteroatoms. The Morgan fingerprint density at radius 1 is 1.37 bits per heavy atom. The minimum Gasteiger partial charge on any atom is -0.389 e. The van der Waals surface area contributed by atoms with Crippen molar-refractivity contribution in [3.8, 4) is 0 Å². The summed E-state index contributed by atoms with van der Waals surface area (Å²) in [6, 6.07) is 7.22. The minimum absolute atomic E-state index is 0.132. The SMILES string of the molecule is Cc1nc(C(=O)N(C)c2ccc(C(N)=S)cc2)cs1. The van der Waals surface area contributed by atoms with Crippen LogP contribution in [0.3, 0.4) is 0 Å². The van der Waals surface area contributed by atoms with Crippen LogP contribution < -0.4 is 10.6 Å². The fourth-order valence-electron chi connectivity index (χ4n) is 1.60. The lowest BCUT2D eigenvalue weighted by molar-refractivity contribution is 0.0989. The zero-order valence-corrected chi connectivity index (χ0v) is 12.2. The van der Waals surface area contributed by atoms with Gasteiger partial charge in [-0.2, -0.15) is 0 Å².